The van der Waals surface area contributed by atoms with Gasteiger partial charge < -0.3 is 14.4 Å². The molecule has 0 radical (unpaired) electrons. The number of benzene rings is 2. The first-order valence-corrected chi connectivity index (χ1v) is 9.71. The zero-order chi connectivity index (χ0) is 20.1. The molecule has 28 heavy (non-hydrogen) atoms. The van der Waals surface area contributed by atoms with Crippen LogP contribution in [0.3, 0.4) is 0 Å². The van der Waals surface area contributed by atoms with Crippen molar-refractivity contribution in [1.82, 2.24) is 9.78 Å². The summed E-state index contributed by atoms with van der Waals surface area (Å²) in [7, 11) is 3.22. The predicted octanol–water partition coefficient (Wildman–Crippen LogP) is 5.43. The van der Waals surface area contributed by atoms with Crippen molar-refractivity contribution in [2.24, 2.45) is 0 Å². The van der Waals surface area contributed by atoms with Crippen LogP contribution in [0.25, 0.3) is 0 Å². The molecule has 0 aliphatic rings. The molecule has 0 saturated carbocycles. The van der Waals surface area contributed by atoms with Crippen LogP contribution in [0, 0.1) is 0 Å². The summed E-state index contributed by atoms with van der Waals surface area (Å²) >= 11 is 12.6. The summed E-state index contributed by atoms with van der Waals surface area (Å²) in [4.78, 5) is 2.23. The molecule has 5 nitrogen and oxygen atoms in total. The minimum Gasteiger partial charge on any atom is -0.495 e. The van der Waals surface area contributed by atoms with Crippen molar-refractivity contribution in [3.05, 3.63) is 70.0 Å². The molecule has 0 atom stereocenters. The van der Waals surface area contributed by atoms with Crippen LogP contribution in [0.5, 0.6) is 11.5 Å². The molecule has 2 aromatic carbocycles. The van der Waals surface area contributed by atoms with Crippen LogP contribution in [0.1, 0.15) is 18.1 Å². The molecule has 0 amide bonds. The van der Waals surface area contributed by atoms with Gasteiger partial charge in [-0.25, -0.2) is 0 Å². The maximum atomic E-state index is 6.31. The van der Waals surface area contributed by atoms with E-state index in [2.05, 4.69) is 16.9 Å². The Labute approximate surface area is 175 Å². The fourth-order valence-electron chi connectivity index (χ4n) is 2.98. The van der Waals surface area contributed by atoms with Gasteiger partial charge in [0.1, 0.15) is 11.5 Å². The first kappa shape index (κ1) is 20.4. The highest BCUT2D eigenvalue weighted by molar-refractivity contribution is 6.32. The Morgan fingerprint density at radius 3 is 1.86 bits per heavy atom. The third-order valence-electron chi connectivity index (χ3n) is 4.49. The van der Waals surface area contributed by atoms with Gasteiger partial charge in [-0.2, -0.15) is 5.10 Å². The Hall–Kier alpha value is -2.37. The van der Waals surface area contributed by atoms with Gasteiger partial charge in [-0.3, -0.25) is 4.68 Å². The van der Waals surface area contributed by atoms with E-state index < -0.39 is 0 Å². The molecule has 1 aromatic heterocycles. The summed E-state index contributed by atoms with van der Waals surface area (Å²) in [5.74, 6) is 1.33. The smallest absolute Gasteiger partial charge is 0.137 e. The largest absolute Gasteiger partial charge is 0.495 e. The highest BCUT2D eigenvalue weighted by Crippen LogP contribution is 2.29. The number of rotatable bonds is 8. The number of ether oxygens (including phenoxy) is 2. The number of anilines is 1. The van der Waals surface area contributed by atoms with E-state index in [4.69, 9.17) is 32.7 Å². The van der Waals surface area contributed by atoms with E-state index in [1.807, 2.05) is 53.5 Å². The molecule has 0 N–H and O–H groups in total. The first-order valence-electron chi connectivity index (χ1n) is 8.96. The van der Waals surface area contributed by atoms with Crippen LogP contribution in [0.15, 0.2) is 48.8 Å². The molecule has 0 spiro atoms. The van der Waals surface area contributed by atoms with Crippen molar-refractivity contribution in [3.63, 3.8) is 0 Å². The third-order valence-corrected chi connectivity index (χ3v) is 5.08. The highest BCUT2D eigenvalue weighted by atomic mass is 35.5. The Morgan fingerprint density at radius 1 is 0.929 bits per heavy atom. The van der Waals surface area contributed by atoms with E-state index in [9.17, 15) is 0 Å². The summed E-state index contributed by atoms with van der Waals surface area (Å²) in [5.41, 5.74) is 3.19. The van der Waals surface area contributed by atoms with E-state index in [-0.39, 0.29) is 0 Å². The quantitative estimate of drug-likeness (QED) is 0.487. The average Bonchev–Trinajstić information content (AvgIpc) is 3.17. The zero-order valence-corrected chi connectivity index (χ0v) is 17.7. The predicted molar refractivity (Wildman–Crippen MR) is 114 cm³/mol. The van der Waals surface area contributed by atoms with Crippen LogP contribution in [0.2, 0.25) is 10.0 Å². The molecule has 1 heterocycles. The molecule has 0 saturated heterocycles. The number of hydrogen-bond acceptors (Lipinski definition) is 4. The highest BCUT2D eigenvalue weighted by Gasteiger charge is 2.13. The number of methoxy groups -OCH3 is 2. The summed E-state index contributed by atoms with van der Waals surface area (Å²) in [5, 5.41) is 5.60. The van der Waals surface area contributed by atoms with Crippen molar-refractivity contribution in [2.45, 2.75) is 26.6 Å². The van der Waals surface area contributed by atoms with Gasteiger partial charge >= 0.3 is 0 Å². The molecule has 0 aliphatic heterocycles. The monoisotopic (exact) mass is 419 g/mol. The molecular formula is C21H23Cl2N3O2. The Morgan fingerprint density at radius 2 is 1.46 bits per heavy atom. The van der Waals surface area contributed by atoms with Crippen LogP contribution < -0.4 is 14.4 Å². The van der Waals surface area contributed by atoms with Crippen molar-refractivity contribution < 1.29 is 9.47 Å². The molecule has 0 unspecified atom stereocenters. The molecule has 0 fully saturated rings. The Bertz CT molecular complexity index is 888. The Kier molecular flexibility index (Phi) is 6.70. The second-order valence-electron chi connectivity index (χ2n) is 6.35. The van der Waals surface area contributed by atoms with Crippen LogP contribution in [0.4, 0.5) is 5.69 Å². The van der Waals surface area contributed by atoms with Crippen LogP contribution in [-0.4, -0.2) is 24.0 Å². The fraction of sp³-hybridized carbons (Fsp3) is 0.286. The van der Waals surface area contributed by atoms with E-state index in [0.717, 1.165) is 23.4 Å². The number of hydrogen-bond donors (Lipinski definition) is 0. The standard InChI is InChI=1S/C21H23Cl2N3O2/c1-4-26-14-17(11-24-26)25(12-15-5-7-20(27-2)18(22)9-15)13-16-6-8-21(28-3)19(23)10-16/h5-11,14H,4,12-13H2,1-3H3. The number of aromatic nitrogens is 2. The van der Waals surface area contributed by atoms with Crippen LogP contribution >= 0.6 is 23.2 Å². The van der Waals surface area contributed by atoms with Crippen molar-refractivity contribution in [3.8, 4) is 11.5 Å². The lowest BCUT2D eigenvalue weighted by molar-refractivity contribution is 0.415. The number of aryl methyl sites for hydroxylation is 1. The second kappa shape index (κ2) is 9.22. The van der Waals surface area contributed by atoms with Crippen LogP contribution in [-0.2, 0) is 19.6 Å². The molecule has 148 valence electrons. The number of halogens is 2. The van der Waals surface area contributed by atoms with Gasteiger partial charge in [0.25, 0.3) is 0 Å². The van der Waals surface area contributed by atoms with E-state index in [1.165, 1.54) is 0 Å². The second-order valence-corrected chi connectivity index (χ2v) is 7.16. The van der Waals surface area contributed by atoms with Gasteiger partial charge in [0.15, 0.2) is 0 Å². The molecule has 7 heteroatoms. The lowest BCUT2D eigenvalue weighted by Gasteiger charge is -2.24. The minimum atomic E-state index is 0.594. The SMILES string of the molecule is CCn1cc(N(Cc2ccc(OC)c(Cl)c2)Cc2ccc(OC)c(Cl)c2)cn1. The van der Waals surface area contributed by atoms with Crippen molar-refractivity contribution >= 4 is 28.9 Å². The topological polar surface area (TPSA) is 39.5 Å². The van der Waals surface area contributed by atoms with Crippen molar-refractivity contribution in [2.75, 3.05) is 19.1 Å². The molecule has 0 bridgehead atoms. The lowest BCUT2D eigenvalue weighted by Crippen LogP contribution is -2.21. The van der Waals surface area contributed by atoms with Gasteiger partial charge in [-0.1, -0.05) is 35.3 Å². The van der Waals surface area contributed by atoms with E-state index in [0.29, 0.717) is 34.6 Å². The average molecular weight is 420 g/mol. The molecule has 0 aliphatic carbocycles. The molecule has 3 rings (SSSR count). The van der Waals surface area contributed by atoms with Crippen molar-refractivity contribution in [1.29, 1.82) is 0 Å². The zero-order valence-electron chi connectivity index (χ0n) is 16.2. The maximum Gasteiger partial charge on any atom is 0.137 e. The summed E-state index contributed by atoms with van der Waals surface area (Å²) in [6, 6.07) is 11.7. The summed E-state index contributed by atoms with van der Waals surface area (Å²) < 4.78 is 12.4. The maximum absolute atomic E-state index is 6.31. The first-order chi connectivity index (χ1) is 13.5. The minimum absolute atomic E-state index is 0.594. The Balaban J connectivity index is 1.88. The number of nitrogens with zero attached hydrogens (tertiary/aromatic N) is 3. The normalized spacial score (nSPS) is 10.8. The molecular weight excluding hydrogens is 397 g/mol. The fourth-order valence-corrected chi connectivity index (χ4v) is 3.55. The molecule has 3 aromatic rings. The van der Waals surface area contributed by atoms with E-state index in [1.54, 1.807) is 14.2 Å². The van der Waals surface area contributed by atoms with E-state index >= 15 is 0 Å². The third kappa shape index (κ3) is 4.72. The van der Waals surface area contributed by atoms with Gasteiger partial charge in [0.05, 0.1) is 36.1 Å². The van der Waals surface area contributed by atoms with Gasteiger partial charge in [-0.15, -0.1) is 0 Å². The van der Waals surface area contributed by atoms with Gasteiger partial charge in [0.2, 0.25) is 0 Å². The summed E-state index contributed by atoms with van der Waals surface area (Å²) in [6.07, 6.45) is 3.91. The lowest BCUT2D eigenvalue weighted by atomic mass is 10.1. The van der Waals surface area contributed by atoms with Gasteiger partial charge in [0, 0.05) is 25.8 Å². The summed E-state index contributed by atoms with van der Waals surface area (Å²) in [6.45, 7) is 4.22. The van der Waals surface area contributed by atoms with Gasteiger partial charge in [-0.05, 0) is 42.3 Å².